The molecule has 0 bridgehead atoms. The van der Waals surface area contributed by atoms with Crippen LogP contribution in [-0.2, 0) is 0 Å². The lowest BCUT2D eigenvalue weighted by molar-refractivity contribution is 0.419. The van der Waals surface area contributed by atoms with E-state index in [0.29, 0.717) is 11.6 Å². The summed E-state index contributed by atoms with van der Waals surface area (Å²) in [4.78, 5) is 13.4. The van der Waals surface area contributed by atoms with Gasteiger partial charge in [-0.25, -0.2) is 9.97 Å². The molecule has 0 radical (unpaired) electrons. The fourth-order valence-electron chi connectivity index (χ4n) is 3.11. The van der Waals surface area contributed by atoms with Gasteiger partial charge in [-0.05, 0) is 56.7 Å². The van der Waals surface area contributed by atoms with Crippen LogP contribution in [0.3, 0.4) is 0 Å². The first-order valence-electron chi connectivity index (χ1n) is 9.37. The summed E-state index contributed by atoms with van der Waals surface area (Å²) in [6.07, 6.45) is 3.38. The van der Waals surface area contributed by atoms with E-state index in [1.165, 1.54) is 6.33 Å². The first-order valence-corrected chi connectivity index (χ1v) is 9.37. The molecule has 7 heteroatoms. The Hall–Kier alpha value is -3.61. The van der Waals surface area contributed by atoms with Crippen LogP contribution in [0, 0.1) is 13.8 Å². The number of fused-ring (bicyclic) bond motifs is 1. The molecule has 0 saturated heterocycles. The summed E-state index contributed by atoms with van der Waals surface area (Å²) in [6.45, 7) is 5.96. The minimum absolute atomic E-state index is 0.0756. The standard InChI is InChI=1S/C22H22N6O/c1-13-5-7-19(23-11-13)16-9-17-21(20(10-16)29-4)24-12-25-22(17)26-15(3)18-8-6-14(2)27-28-18/h5-12,15H,1-4H3,(H,24,25,26). The Kier molecular flexibility index (Phi) is 5.03. The molecule has 29 heavy (non-hydrogen) atoms. The number of pyridine rings is 1. The van der Waals surface area contributed by atoms with E-state index < -0.39 is 0 Å². The third-order valence-corrected chi connectivity index (χ3v) is 4.75. The molecule has 146 valence electrons. The summed E-state index contributed by atoms with van der Waals surface area (Å²) >= 11 is 0. The first kappa shape index (κ1) is 18.7. The van der Waals surface area contributed by atoms with Gasteiger partial charge in [0.1, 0.15) is 23.4 Å². The molecule has 1 aromatic carbocycles. The summed E-state index contributed by atoms with van der Waals surface area (Å²) in [5, 5.41) is 12.7. The molecule has 0 aliphatic carbocycles. The molecule has 1 atom stereocenters. The molecule has 4 rings (SSSR count). The summed E-state index contributed by atoms with van der Waals surface area (Å²) in [5.74, 6) is 1.38. The van der Waals surface area contributed by atoms with Gasteiger partial charge in [-0.3, -0.25) is 4.98 Å². The normalized spacial score (nSPS) is 12.0. The van der Waals surface area contributed by atoms with Gasteiger partial charge in [-0.1, -0.05) is 6.07 Å². The zero-order valence-corrected chi connectivity index (χ0v) is 16.8. The number of nitrogens with zero attached hydrogens (tertiary/aromatic N) is 5. The monoisotopic (exact) mass is 386 g/mol. The molecule has 0 fully saturated rings. The Labute approximate surface area is 169 Å². The lowest BCUT2D eigenvalue weighted by atomic mass is 10.1. The van der Waals surface area contributed by atoms with Crippen LogP contribution in [-0.4, -0.2) is 32.3 Å². The molecular formula is C22H22N6O. The Morgan fingerprint density at radius 2 is 1.83 bits per heavy atom. The van der Waals surface area contributed by atoms with Crippen molar-refractivity contribution in [1.29, 1.82) is 0 Å². The first-order chi connectivity index (χ1) is 14.0. The predicted octanol–water partition coefficient (Wildman–Crippen LogP) is 4.28. The molecule has 0 aliphatic heterocycles. The minimum Gasteiger partial charge on any atom is -0.494 e. The van der Waals surface area contributed by atoms with Crippen molar-refractivity contribution in [2.45, 2.75) is 26.8 Å². The van der Waals surface area contributed by atoms with Crippen LogP contribution in [0.15, 0.2) is 48.9 Å². The number of anilines is 1. The molecule has 0 spiro atoms. The van der Waals surface area contributed by atoms with Crippen molar-refractivity contribution in [2.24, 2.45) is 0 Å². The van der Waals surface area contributed by atoms with Gasteiger partial charge in [0.05, 0.1) is 30.2 Å². The topological polar surface area (TPSA) is 85.7 Å². The average Bonchev–Trinajstić information content (AvgIpc) is 2.74. The SMILES string of the molecule is COc1cc(-c2ccc(C)cn2)cc2c(NC(C)c3ccc(C)nn3)ncnc12. The predicted molar refractivity (Wildman–Crippen MR) is 113 cm³/mol. The van der Waals surface area contributed by atoms with Crippen molar-refractivity contribution in [3.63, 3.8) is 0 Å². The quantitative estimate of drug-likeness (QED) is 0.548. The van der Waals surface area contributed by atoms with E-state index in [0.717, 1.165) is 39.1 Å². The van der Waals surface area contributed by atoms with Crippen LogP contribution < -0.4 is 10.1 Å². The van der Waals surface area contributed by atoms with Crippen molar-refractivity contribution in [3.8, 4) is 17.0 Å². The fourth-order valence-corrected chi connectivity index (χ4v) is 3.11. The van der Waals surface area contributed by atoms with Crippen molar-refractivity contribution < 1.29 is 4.74 Å². The maximum Gasteiger partial charge on any atom is 0.145 e. The highest BCUT2D eigenvalue weighted by Gasteiger charge is 2.15. The van der Waals surface area contributed by atoms with Gasteiger partial charge in [-0.2, -0.15) is 10.2 Å². The van der Waals surface area contributed by atoms with E-state index in [9.17, 15) is 0 Å². The van der Waals surface area contributed by atoms with E-state index in [1.807, 2.05) is 63.4 Å². The zero-order valence-electron chi connectivity index (χ0n) is 16.8. The van der Waals surface area contributed by atoms with Crippen molar-refractivity contribution >= 4 is 16.7 Å². The molecule has 1 unspecified atom stereocenters. The molecule has 4 aromatic rings. The largest absolute Gasteiger partial charge is 0.494 e. The van der Waals surface area contributed by atoms with E-state index in [1.54, 1.807) is 7.11 Å². The van der Waals surface area contributed by atoms with Gasteiger partial charge >= 0.3 is 0 Å². The highest BCUT2D eigenvalue weighted by atomic mass is 16.5. The fraction of sp³-hybridized carbons (Fsp3) is 0.227. The third-order valence-electron chi connectivity index (χ3n) is 4.75. The maximum atomic E-state index is 5.60. The number of hydrogen-bond donors (Lipinski definition) is 1. The Morgan fingerprint density at radius 1 is 0.966 bits per heavy atom. The van der Waals surface area contributed by atoms with Crippen LogP contribution in [0.25, 0.3) is 22.2 Å². The van der Waals surface area contributed by atoms with Crippen LogP contribution in [0.5, 0.6) is 5.75 Å². The maximum absolute atomic E-state index is 5.60. The highest BCUT2D eigenvalue weighted by Crippen LogP contribution is 2.34. The van der Waals surface area contributed by atoms with E-state index in [4.69, 9.17) is 4.74 Å². The Morgan fingerprint density at radius 3 is 2.52 bits per heavy atom. The molecule has 3 heterocycles. The van der Waals surface area contributed by atoms with Crippen LogP contribution >= 0.6 is 0 Å². The zero-order chi connectivity index (χ0) is 20.4. The lowest BCUT2D eigenvalue weighted by Gasteiger charge is -2.16. The molecule has 1 N–H and O–H groups in total. The van der Waals surface area contributed by atoms with Gasteiger partial charge in [0, 0.05) is 17.1 Å². The van der Waals surface area contributed by atoms with Crippen LogP contribution in [0.2, 0.25) is 0 Å². The second kappa shape index (κ2) is 7.79. The molecule has 7 nitrogen and oxygen atoms in total. The van der Waals surface area contributed by atoms with Gasteiger partial charge in [-0.15, -0.1) is 0 Å². The number of methoxy groups -OCH3 is 1. The lowest BCUT2D eigenvalue weighted by Crippen LogP contribution is -2.11. The van der Waals surface area contributed by atoms with Crippen LogP contribution in [0.4, 0.5) is 5.82 Å². The van der Waals surface area contributed by atoms with Gasteiger partial charge in [0.15, 0.2) is 0 Å². The van der Waals surface area contributed by atoms with Crippen LogP contribution in [0.1, 0.15) is 29.9 Å². The summed E-state index contributed by atoms with van der Waals surface area (Å²) < 4.78 is 5.60. The van der Waals surface area contributed by atoms with E-state index in [-0.39, 0.29) is 6.04 Å². The Bertz CT molecular complexity index is 1140. The van der Waals surface area contributed by atoms with E-state index in [2.05, 4.69) is 30.5 Å². The van der Waals surface area contributed by atoms with E-state index >= 15 is 0 Å². The summed E-state index contributed by atoms with van der Waals surface area (Å²) in [5.41, 5.74) is 5.38. The number of hydrogen-bond acceptors (Lipinski definition) is 7. The minimum atomic E-state index is -0.0756. The summed E-state index contributed by atoms with van der Waals surface area (Å²) in [7, 11) is 1.64. The Balaban J connectivity index is 1.78. The second-order valence-corrected chi connectivity index (χ2v) is 6.98. The number of aromatic nitrogens is 5. The number of nitrogens with one attached hydrogen (secondary N) is 1. The summed E-state index contributed by atoms with van der Waals surface area (Å²) in [6, 6.07) is 11.9. The molecule has 0 saturated carbocycles. The molecule has 0 aliphatic rings. The van der Waals surface area contributed by atoms with Crippen molar-refractivity contribution in [3.05, 3.63) is 65.9 Å². The second-order valence-electron chi connectivity index (χ2n) is 6.98. The number of rotatable bonds is 5. The number of ether oxygens (including phenoxy) is 1. The number of benzene rings is 1. The van der Waals surface area contributed by atoms with Crippen molar-refractivity contribution in [2.75, 3.05) is 12.4 Å². The van der Waals surface area contributed by atoms with Gasteiger partial charge < -0.3 is 10.1 Å². The van der Waals surface area contributed by atoms with Gasteiger partial charge in [0.25, 0.3) is 0 Å². The molecule has 3 aromatic heterocycles. The van der Waals surface area contributed by atoms with Gasteiger partial charge in [0.2, 0.25) is 0 Å². The smallest absolute Gasteiger partial charge is 0.145 e. The highest BCUT2D eigenvalue weighted by molar-refractivity contribution is 5.96. The number of aryl methyl sites for hydroxylation is 2. The third kappa shape index (κ3) is 3.85. The average molecular weight is 386 g/mol. The molecule has 0 amide bonds. The molecular weight excluding hydrogens is 364 g/mol. The van der Waals surface area contributed by atoms with Crippen molar-refractivity contribution in [1.82, 2.24) is 25.1 Å².